The first kappa shape index (κ1) is 17.1. The zero-order valence-electron chi connectivity index (χ0n) is 12.8. The number of fused-ring (bicyclic) bond motifs is 1. The second kappa shape index (κ2) is 6.64. The topological polar surface area (TPSA) is 178 Å². The van der Waals surface area contributed by atoms with Gasteiger partial charge in [-0.25, -0.2) is 4.98 Å². The molecule has 0 amide bonds. The molecule has 3 rings (SSSR count). The van der Waals surface area contributed by atoms with Gasteiger partial charge in [-0.2, -0.15) is 4.98 Å². The van der Waals surface area contributed by atoms with Gasteiger partial charge in [-0.15, -0.1) is 0 Å². The Labute approximate surface area is 143 Å². The zero-order chi connectivity index (χ0) is 18.1. The van der Waals surface area contributed by atoms with Crippen molar-refractivity contribution in [3.63, 3.8) is 0 Å². The van der Waals surface area contributed by atoms with Crippen LogP contribution in [0, 0.1) is 0 Å². The normalized spacial score (nSPS) is 25.7. The number of azide groups is 1. The lowest BCUT2D eigenvalue weighted by atomic mass is 10.1. The van der Waals surface area contributed by atoms with Crippen LogP contribution in [0.3, 0.4) is 0 Å². The molecule has 1 aliphatic heterocycles. The number of nitrogens with two attached hydrogens (primary N) is 1. The number of thiazole rings is 1. The molecule has 0 radical (unpaired) electrons. The number of anilines is 1. The minimum Gasteiger partial charge on any atom is -0.463 e. The Morgan fingerprint density at radius 1 is 1.68 bits per heavy atom. The fourth-order valence-electron chi connectivity index (χ4n) is 2.56. The number of hydrogen-bond acceptors (Lipinski definition) is 10. The van der Waals surface area contributed by atoms with Gasteiger partial charge in [0, 0.05) is 11.8 Å². The van der Waals surface area contributed by atoms with Crippen LogP contribution in [0.2, 0.25) is 0 Å². The lowest BCUT2D eigenvalue weighted by Crippen LogP contribution is -2.33. The van der Waals surface area contributed by atoms with Crippen LogP contribution in [-0.2, 0) is 14.3 Å². The highest BCUT2D eigenvalue weighted by molar-refractivity contribution is 7.16. The van der Waals surface area contributed by atoms with Crippen molar-refractivity contribution in [1.29, 1.82) is 0 Å². The predicted octanol–water partition coefficient (Wildman–Crippen LogP) is -0.0645. The van der Waals surface area contributed by atoms with Gasteiger partial charge >= 0.3 is 10.8 Å². The summed E-state index contributed by atoms with van der Waals surface area (Å²) in [5.41, 5.74) is 14.5. The van der Waals surface area contributed by atoms with E-state index in [4.69, 9.17) is 20.7 Å². The average molecular weight is 367 g/mol. The van der Waals surface area contributed by atoms with Crippen molar-refractivity contribution >= 4 is 33.6 Å². The summed E-state index contributed by atoms with van der Waals surface area (Å²) in [6.07, 6.45) is -2.04. The predicted molar refractivity (Wildman–Crippen MR) is 85.6 cm³/mol. The third-order valence-electron chi connectivity index (χ3n) is 3.60. The van der Waals surface area contributed by atoms with E-state index in [1.54, 1.807) is 0 Å². The molecule has 0 spiro atoms. The minimum absolute atomic E-state index is 0.0467. The number of nitrogen functional groups attached to an aromatic ring is 1. The molecule has 1 fully saturated rings. The lowest BCUT2D eigenvalue weighted by Gasteiger charge is -2.16. The molecule has 4 atom stereocenters. The Balaban J connectivity index is 2.01. The number of esters is 1. The maximum Gasteiger partial charge on any atom is 0.311 e. The van der Waals surface area contributed by atoms with Crippen molar-refractivity contribution in [1.82, 2.24) is 14.5 Å². The maximum absolute atomic E-state index is 12.3. The van der Waals surface area contributed by atoms with Crippen molar-refractivity contribution in [2.45, 2.75) is 31.4 Å². The number of aromatic nitrogens is 3. The molecule has 1 saturated heterocycles. The highest BCUT2D eigenvalue weighted by atomic mass is 32.1. The van der Waals surface area contributed by atoms with E-state index in [0.29, 0.717) is 4.70 Å². The SMILES string of the molecule is CC(=O)OC[C@H]1O[C@@H](n2c(=O)sc3cnc(N)nc32)[C@H](O)[C@@H]1N=[N+]=[N-]. The molecular weight excluding hydrogens is 354 g/mol. The van der Waals surface area contributed by atoms with Crippen LogP contribution in [0.4, 0.5) is 5.95 Å². The third kappa shape index (κ3) is 3.13. The first-order chi connectivity index (χ1) is 11.9. The van der Waals surface area contributed by atoms with E-state index in [1.807, 2.05) is 0 Å². The molecule has 13 heteroatoms. The van der Waals surface area contributed by atoms with Crippen molar-refractivity contribution in [2.75, 3.05) is 12.3 Å². The van der Waals surface area contributed by atoms with Gasteiger partial charge in [0.05, 0.1) is 16.9 Å². The molecule has 0 saturated carbocycles. The fourth-order valence-corrected chi connectivity index (χ4v) is 3.37. The van der Waals surface area contributed by atoms with E-state index < -0.39 is 35.3 Å². The van der Waals surface area contributed by atoms with Gasteiger partial charge < -0.3 is 20.3 Å². The molecule has 3 N–H and O–H groups in total. The fraction of sp³-hybridized carbons (Fsp3) is 0.500. The summed E-state index contributed by atoms with van der Waals surface area (Å²) < 4.78 is 12.1. The number of hydrogen-bond donors (Lipinski definition) is 2. The standard InChI is InChI=1S/C12H13N7O5S/c1-4(20)23-3-5-7(17-18-14)8(21)10(24-5)19-9-6(25-12(19)22)2-15-11(13)16-9/h2,5,7-8,10,21H,3H2,1H3,(H2,13,15,16)/t5-,7-,8-,10-/m1/s1. The molecule has 0 aromatic carbocycles. The van der Waals surface area contributed by atoms with Gasteiger partial charge in [0.25, 0.3) is 0 Å². The van der Waals surface area contributed by atoms with Crippen molar-refractivity contribution in [3.8, 4) is 0 Å². The largest absolute Gasteiger partial charge is 0.463 e. The van der Waals surface area contributed by atoms with Crippen LogP contribution < -0.4 is 10.6 Å². The Bertz CT molecular complexity index is 920. The number of carbonyl (C=O) groups is 1. The summed E-state index contributed by atoms with van der Waals surface area (Å²) in [7, 11) is 0. The second-order valence-corrected chi connectivity index (χ2v) is 6.20. The summed E-state index contributed by atoms with van der Waals surface area (Å²) in [5, 5.41) is 14.0. The summed E-state index contributed by atoms with van der Waals surface area (Å²) in [4.78, 5) is 33.3. The van der Waals surface area contributed by atoms with Crippen LogP contribution in [0.1, 0.15) is 13.2 Å². The number of aliphatic hydroxyl groups is 1. The van der Waals surface area contributed by atoms with E-state index in [2.05, 4.69) is 20.0 Å². The van der Waals surface area contributed by atoms with Crippen LogP contribution in [0.25, 0.3) is 20.8 Å². The molecule has 3 heterocycles. The van der Waals surface area contributed by atoms with Crippen LogP contribution in [0.15, 0.2) is 16.1 Å². The first-order valence-corrected chi connectivity index (χ1v) is 7.88. The monoisotopic (exact) mass is 367 g/mol. The molecule has 12 nitrogen and oxygen atoms in total. The quantitative estimate of drug-likeness (QED) is 0.326. The summed E-state index contributed by atoms with van der Waals surface area (Å²) in [6, 6.07) is -1.05. The molecule has 0 bridgehead atoms. The van der Waals surface area contributed by atoms with Gasteiger partial charge in [-0.05, 0) is 5.53 Å². The molecule has 2 aromatic heterocycles. The highest BCUT2D eigenvalue weighted by Crippen LogP contribution is 2.33. The number of carbonyl (C=O) groups excluding carboxylic acids is 1. The number of ether oxygens (including phenoxy) is 2. The maximum atomic E-state index is 12.3. The van der Waals surface area contributed by atoms with Gasteiger partial charge in [0.2, 0.25) is 5.95 Å². The van der Waals surface area contributed by atoms with E-state index in [9.17, 15) is 14.7 Å². The first-order valence-electron chi connectivity index (χ1n) is 7.07. The summed E-state index contributed by atoms with van der Waals surface area (Å²) in [6.45, 7) is 0.975. The molecule has 2 aromatic rings. The molecular formula is C12H13N7O5S. The smallest absolute Gasteiger partial charge is 0.311 e. The van der Waals surface area contributed by atoms with Crippen molar-refractivity contribution in [2.24, 2.45) is 5.11 Å². The third-order valence-corrected chi connectivity index (χ3v) is 4.48. The Morgan fingerprint density at radius 3 is 3.12 bits per heavy atom. The van der Waals surface area contributed by atoms with Crippen molar-refractivity contribution < 1.29 is 19.4 Å². The van der Waals surface area contributed by atoms with Crippen LogP contribution in [0.5, 0.6) is 0 Å². The Hall–Kier alpha value is -2.73. The number of aliphatic hydroxyl groups excluding tert-OH is 1. The second-order valence-electron chi connectivity index (χ2n) is 5.21. The molecule has 1 aliphatic rings. The van der Waals surface area contributed by atoms with Crippen LogP contribution >= 0.6 is 11.3 Å². The van der Waals surface area contributed by atoms with Gasteiger partial charge in [0.15, 0.2) is 11.9 Å². The minimum atomic E-state index is -1.34. The summed E-state index contributed by atoms with van der Waals surface area (Å²) in [5.74, 6) is -0.602. The van der Waals surface area contributed by atoms with Crippen molar-refractivity contribution in [3.05, 3.63) is 26.3 Å². The lowest BCUT2D eigenvalue weighted by molar-refractivity contribution is -0.146. The van der Waals surface area contributed by atoms with Gasteiger partial charge in [-0.1, -0.05) is 16.5 Å². The van der Waals surface area contributed by atoms with E-state index >= 15 is 0 Å². The highest BCUT2D eigenvalue weighted by Gasteiger charge is 2.46. The van der Waals surface area contributed by atoms with Crippen LogP contribution in [-0.4, -0.2) is 50.5 Å². The Morgan fingerprint density at radius 2 is 2.44 bits per heavy atom. The Kier molecular flexibility index (Phi) is 4.55. The van der Waals surface area contributed by atoms with E-state index in [0.717, 1.165) is 15.9 Å². The summed E-state index contributed by atoms with van der Waals surface area (Å²) >= 11 is 0.857. The van der Waals surface area contributed by atoms with E-state index in [1.165, 1.54) is 13.1 Å². The molecule has 0 unspecified atom stereocenters. The zero-order valence-corrected chi connectivity index (χ0v) is 13.7. The molecule has 25 heavy (non-hydrogen) atoms. The molecule has 132 valence electrons. The number of nitrogens with zero attached hydrogens (tertiary/aromatic N) is 6. The average Bonchev–Trinajstić information content (AvgIpc) is 3.03. The van der Waals surface area contributed by atoms with Gasteiger partial charge in [0.1, 0.15) is 18.8 Å². The number of rotatable bonds is 4. The van der Waals surface area contributed by atoms with E-state index in [-0.39, 0.29) is 18.2 Å². The van der Waals surface area contributed by atoms with Gasteiger partial charge in [-0.3, -0.25) is 14.2 Å². The molecule has 0 aliphatic carbocycles.